The van der Waals surface area contributed by atoms with E-state index in [0.717, 1.165) is 63.2 Å². The van der Waals surface area contributed by atoms with Crippen LogP contribution in [-0.4, -0.2) is 43.5 Å². The summed E-state index contributed by atoms with van der Waals surface area (Å²) in [4.78, 5) is 16.8. The van der Waals surface area contributed by atoms with Crippen molar-refractivity contribution in [2.24, 2.45) is 11.8 Å². The van der Waals surface area contributed by atoms with Crippen LogP contribution < -0.4 is 10.2 Å². The molecule has 1 unspecified atom stereocenters. The van der Waals surface area contributed by atoms with Gasteiger partial charge in [-0.05, 0) is 82.0 Å². The molecule has 2 N–H and O–H groups in total. The van der Waals surface area contributed by atoms with Crippen LogP contribution in [0.4, 0.5) is 5.69 Å². The molecule has 1 aromatic rings. The molecule has 2 aliphatic carbocycles. The van der Waals surface area contributed by atoms with Gasteiger partial charge < -0.3 is 20.1 Å². The molecular formula is C25H38N2O3S. The lowest BCUT2D eigenvalue weighted by molar-refractivity contribution is 0.0584. The van der Waals surface area contributed by atoms with E-state index in [9.17, 15) is 9.90 Å². The van der Waals surface area contributed by atoms with E-state index in [-0.39, 0.29) is 17.9 Å². The molecule has 6 heteroatoms. The van der Waals surface area contributed by atoms with Gasteiger partial charge in [0.2, 0.25) is 0 Å². The Hall–Kier alpha value is -1.37. The third kappa shape index (κ3) is 5.18. The number of nitrogens with one attached hydrogen (secondary N) is 1. The number of carbonyl (C=O) groups excluding carboxylic acids is 1. The molecule has 1 saturated heterocycles. The van der Waals surface area contributed by atoms with Crippen LogP contribution >= 0.6 is 11.3 Å². The van der Waals surface area contributed by atoms with Crippen molar-refractivity contribution in [3.8, 4) is 0 Å². The molecule has 3 aliphatic rings. The van der Waals surface area contributed by atoms with Crippen LogP contribution in [0, 0.1) is 11.8 Å². The number of esters is 1. The first-order chi connectivity index (χ1) is 15.1. The standard InChI is InChI=1S/C25H38N2O3S/c1-17-8-10-19(11-9-17)24(28)27(20-12-14-26-15-13-20)21-16-22(18-6-4-3-5-7-18)31-23(21)25(29)30-2/h6,16-17,19-20,24,26,28H,3-5,7-15H2,1-2H3. The number of hydrogen-bond acceptors (Lipinski definition) is 6. The number of thiophene rings is 1. The number of rotatable bonds is 6. The largest absolute Gasteiger partial charge is 0.465 e. The molecule has 5 nitrogen and oxygen atoms in total. The predicted octanol–water partition coefficient (Wildman–Crippen LogP) is 5.20. The fourth-order valence-corrected chi connectivity index (χ4v) is 6.63. The maximum Gasteiger partial charge on any atom is 0.350 e. The highest BCUT2D eigenvalue weighted by Crippen LogP contribution is 2.42. The van der Waals surface area contributed by atoms with Gasteiger partial charge >= 0.3 is 5.97 Å². The van der Waals surface area contributed by atoms with Crippen LogP contribution in [0.1, 0.15) is 85.7 Å². The Labute approximate surface area is 190 Å². The molecule has 2 fully saturated rings. The van der Waals surface area contributed by atoms with Crippen molar-refractivity contribution < 1.29 is 14.6 Å². The SMILES string of the molecule is COC(=O)c1sc(C2=CCCCC2)cc1N(C1CCNCC1)C(O)C1CCC(C)CC1. The number of aliphatic hydroxyl groups excluding tert-OH is 1. The molecule has 1 saturated carbocycles. The monoisotopic (exact) mass is 446 g/mol. The van der Waals surface area contributed by atoms with Gasteiger partial charge in [-0.2, -0.15) is 0 Å². The smallest absolute Gasteiger partial charge is 0.350 e. The maximum atomic E-state index is 12.8. The molecule has 172 valence electrons. The second-order valence-electron chi connectivity index (χ2n) is 9.61. The predicted molar refractivity (Wildman–Crippen MR) is 128 cm³/mol. The first kappa shape index (κ1) is 22.8. The molecule has 1 aliphatic heterocycles. The first-order valence-electron chi connectivity index (χ1n) is 12.2. The van der Waals surface area contributed by atoms with Crippen molar-refractivity contribution in [3.63, 3.8) is 0 Å². The summed E-state index contributed by atoms with van der Waals surface area (Å²) in [7, 11) is 1.46. The fraction of sp³-hybridized carbons (Fsp3) is 0.720. The van der Waals surface area contributed by atoms with Crippen LogP contribution in [0.25, 0.3) is 5.57 Å². The van der Waals surface area contributed by atoms with Crippen molar-refractivity contribution in [1.29, 1.82) is 0 Å². The number of anilines is 1. The summed E-state index contributed by atoms with van der Waals surface area (Å²) >= 11 is 1.54. The molecule has 0 aromatic carbocycles. The molecule has 0 amide bonds. The van der Waals surface area contributed by atoms with Gasteiger partial charge in [0, 0.05) is 16.8 Å². The summed E-state index contributed by atoms with van der Waals surface area (Å²) in [5.74, 6) is 0.715. The summed E-state index contributed by atoms with van der Waals surface area (Å²) in [5, 5.41) is 15.1. The minimum absolute atomic E-state index is 0.238. The fourth-order valence-electron chi connectivity index (χ4n) is 5.48. The van der Waals surface area contributed by atoms with Gasteiger partial charge in [0.05, 0.1) is 12.8 Å². The molecule has 1 aromatic heterocycles. The molecule has 2 heterocycles. The Bertz CT molecular complexity index is 776. The topological polar surface area (TPSA) is 61.8 Å². The zero-order valence-corrected chi connectivity index (χ0v) is 19.9. The minimum Gasteiger partial charge on any atom is -0.465 e. The van der Waals surface area contributed by atoms with Crippen LogP contribution in [0.3, 0.4) is 0 Å². The maximum absolute atomic E-state index is 12.8. The molecule has 0 radical (unpaired) electrons. The lowest BCUT2D eigenvalue weighted by Crippen LogP contribution is -2.51. The number of aliphatic hydroxyl groups is 1. The average molecular weight is 447 g/mol. The van der Waals surface area contributed by atoms with Crippen molar-refractivity contribution in [2.45, 2.75) is 83.4 Å². The van der Waals surface area contributed by atoms with Crippen LogP contribution in [0.15, 0.2) is 12.1 Å². The van der Waals surface area contributed by atoms with Gasteiger partial charge in [-0.25, -0.2) is 4.79 Å². The van der Waals surface area contributed by atoms with Crippen molar-refractivity contribution in [2.75, 3.05) is 25.1 Å². The van der Waals surface area contributed by atoms with E-state index in [1.165, 1.54) is 43.2 Å². The molecular weight excluding hydrogens is 408 g/mol. The molecule has 0 bridgehead atoms. The van der Waals surface area contributed by atoms with E-state index in [4.69, 9.17) is 4.74 Å². The van der Waals surface area contributed by atoms with E-state index in [1.807, 2.05) is 0 Å². The highest BCUT2D eigenvalue weighted by atomic mass is 32.1. The van der Waals surface area contributed by atoms with Crippen LogP contribution in [-0.2, 0) is 4.74 Å². The Balaban J connectivity index is 1.71. The van der Waals surface area contributed by atoms with Gasteiger partial charge in [0.1, 0.15) is 11.1 Å². The lowest BCUT2D eigenvalue weighted by atomic mass is 9.81. The molecule has 31 heavy (non-hydrogen) atoms. The van der Waals surface area contributed by atoms with Crippen LogP contribution in [0.2, 0.25) is 0 Å². The van der Waals surface area contributed by atoms with Crippen molar-refractivity contribution >= 4 is 28.6 Å². The van der Waals surface area contributed by atoms with E-state index < -0.39 is 6.23 Å². The van der Waals surface area contributed by atoms with Gasteiger partial charge in [0.15, 0.2) is 0 Å². The van der Waals surface area contributed by atoms with E-state index in [2.05, 4.69) is 29.3 Å². The number of methoxy groups -OCH3 is 1. The normalized spacial score (nSPS) is 26.2. The Kier molecular flexibility index (Phi) is 7.72. The van der Waals surface area contributed by atoms with Gasteiger partial charge in [-0.3, -0.25) is 0 Å². The highest BCUT2D eigenvalue weighted by molar-refractivity contribution is 7.15. The number of nitrogens with zero attached hydrogens (tertiary/aromatic N) is 1. The highest BCUT2D eigenvalue weighted by Gasteiger charge is 2.36. The number of allylic oxidation sites excluding steroid dienone is 2. The zero-order valence-electron chi connectivity index (χ0n) is 19.1. The molecule has 1 atom stereocenters. The van der Waals surface area contributed by atoms with Crippen molar-refractivity contribution in [3.05, 3.63) is 21.9 Å². The summed E-state index contributed by atoms with van der Waals surface area (Å²) < 4.78 is 5.19. The zero-order chi connectivity index (χ0) is 21.8. The third-order valence-corrected chi connectivity index (χ3v) is 8.62. The third-order valence-electron chi connectivity index (χ3n) is 7.44. The second kappa shape index (κ2) is 10.5. The van der Waals surface area contributed by atoms with Gasteiger partial charge in [0.25, 0.3) is 0 Å². The molecule has 4 rings (SSSR count). The van der Waals surface area contributed by atoms with Gasteiger partial charge in [-0.15, -0.1) is 11.3 Å². The lowest BCUT2D eigenvalue weighted by Gasteiger charge is -2.43. The first-order valence-corrected chi connectivity index (χ1v) is 13.0. The molecule has 0 spiro atoms. The Morgan fingerprint density at radius 1 is 1.19 bits per heavy atom. The number of carbonyl (C=O) groups is 1. The van der Waals surface area contributed by atoms with E-state index >= 15 is 0 Å². The number of piperidine rings is 1. The Morgan fingerprint density at radius 3 is 2.58 bits per heavy atom. The van der Waals surface area contributed by atoms with Crippen molar-refractivity contribution in [1.82, 2.24) is 5.32 Å². The summed E-state index contributed by atoms with van der Waals surface area (Å²) in [6.07, 6.45) is 12.8. The van der Waals surface area contributed by atoms with Crippen LogP contribution in [0.5, 0.6) is 0 Å². The summed E-state index contributed by atoms with van der Waals surface area (Å²) in [6.45, 7) is 4.21. The quantitative estimate of drug-likeness (QED) is 0.465. The Morgan fingerprint density at radius 2 is 1.94 bits per heavy atom. The van der Waals surface area contributed by atoms with Gasteiger partial charge in [-0.1, -0.05) is 25.8 Å². The summed E-state index contributed by atoms with van der Waals surface area (Å²) in [6, 6.07) is 2.41. The number of ether oxygens (including phenoxy) is 1. The minimum atomic E-state index is -0.554. The van der Waals surface area contributed by atoms with E-state index in [1.54, 1.807) is 11.3 Å². The number of hydrogen-bond donors (Lipinski definition) is 2. The van der Waals surface area contributed by atoms with E-state index in [0.29, 0.717) is 4.88 Å². The summed E-state index contributed by atoms with van der Waals surface area (Å²) in [5.41, 5.74) is 2.23. The second-order valence-corrected chi connectivity index (χ2v) is 10.7. The average Bonchev–Trinajstić information content (AvgIpc) is 3.25.